The van der Waals surface area contributed by atoms with E-state index in [0.717, 1.165) is 11.1 Å². The molecule has 0 spiro atoms. The number of nitrogens with zero attached hydrogens (tertiary/aromatic N) is 1. The highest BCUT2D eigenvalue weighted by Crippen LogP contribution is 2.33. The van der Waals surface area contributed by atoms with E-state index < -0.39 is 12.1 Å². The highest BCUT2D eigenvalue weighted by atomic mass is 16.6. The number of Topliss-reactive ketones (excluding diaryl/α,β-unsaturated/α-hetero) is 1. The van der Waals surface area contributed by atoms with Gasteiger partial charge in [-0.15, -0.1) is 0 Å². The van der Waals surface area contributed by atoms with Gasteiger partial charge in [0, 0.05) is 11.3 Å². The maximum absolute atomic E-state index is 13.9. The SMILES string of the molecule is COc1ccc(N(C(=O)OCc2ccccc2)C(C(=O)c2ccccc2)c2ccc(C)cc2)cc1. The average molecular weight is 466 g/mol. The number of benzene rings is 4. The van der Waals surface area contributed by atoms with Crippen molar-refractivity contribution in [1.82, 2.24) is 0 Å². The second-order valence-corrected chi connectivity index (χ2v) is 8.15. The van der Waals surface area contributed by atoms with Crippen molar-refractivity contribution in [2.24, 2.45) is 0 Å². The summed E-state index contributed by atoms with van der Waals surface area (Å²) in [6.45, 7) is 2.07. The van der Waals surface area contributed by atoms with Crippen molar-refractivity contribution >= 4 is 17.6 Å². The Hall–Kier alpha value is -4.38. The van der Waals surface area contributed by atoms with Gasteiger partial charge in [0.25, 0.3) is 0 Å². The predicted octanol–water partition coefficient (Wildman–Crippen LogP) is 6.77. The van der Waals surface area contributed by atoms with Crippen LogP contribution in [0.3, 0.4) is 0 Å². The first-order chi connectivity index (χ1) is 17.1. The molecule has 4 aromatic carbocycles. The molecule has 0 aromatic heterocycles. The highest BCUT2D eigenvalue weighted by Gasteiger charge is 2.34. The van der Waals surface area contributed by atoms with E-state index in [2.05, 4.69) is 0 Å². The van der Waals surface area contributed by atoms with Crippen LogP contribution in [0.5, 0.6) is 5.75 Å². The minimum Gasteiger partial charge on any atom is -0.497 e. The number of aryl methyl sites for hydroxylation is 1. The molecular formula is C30H27NO4. The van der Waals surface area contributed by atoms with Crippen molar-refractivity contribution in [2.75, 3.05) is 12.0 Å². The summed E-state index contributed by atoms with van der Waals surface area (Å²) in [5.41, 5.74) is 3.64. The molecule has 0 radical (unpaired) electrons. The molecule has 176 valence electrons. The third-order valence-electron chi connectivity index (χ3n) is 5.71. The molecule has 35 heavy (non-hydrogen) atoms. The molecule has 0 saturated heterocycles. The van der Waals surface area contributed by atoms with Gasteiger partial charge in [0.1, 0.15) is 18.4 Å². The van der Waals surface area contributed by atoms with E-state index in [1.807, 2.05) is 79.7 Å². The van der Waals surface area contributed by atoms with Crippen molar-refractivity contribution in [2.45, 2.75) is 19.6 Å². The Morgan fingerprint density at radius 1 is 0.771 bits per heavy atom. The lowest BCUT2D eigenvalue weighted by atomic mass is 9.95. The highest BCUT2D eigenvalue weighted by molar-refractivity contribution is 6.07. The van der Waals surface area contributed by atoms with Crippen LogP contribution in [-0.4, -0.2) is 19.0 Å². The van der Waals surface area contributed by atoms with Crippen molar-refractivity contribution in [3.63, 3.8) is 0 Å². The molecule has 1 amide bonds. The molecule has 0 aliphatic heterocycles. The zero-order chi connectivity index (χ0) is 24.6. The van der Waals surface area contributed by atoms with Crippen LogP contribution in [-0.2, 0) is 11.3 Å². The molecule has 0 saturated carbocycles. The number of amides is 1. The summed E-state index contributed by atoms with van der Waals surface area (Å²) < 4.78 is 11.0. The predicted molar refractivity (Wildman–Crippen MR) is 137 cm³/mol. The lowest BCUT2D eigenvalue weighted by Crippen LogP contribution is -2.39. The first kappa shape index (κ1) is 23.8. The zero-order valence-corrected chi connectivity index (χ0v) is 19.8. The first-order valence-electron chi connectivity index (χ1n) is 11.4. The summed E-state index contributed by atoms with van der Waals surface area (Å²) in [5.74, 6) is 0.439. The van der Waals surface area contributed by atoms with Crippen molar-refractivity contribution in [3.8, 4) is 5.75 Å². The first-order valence-corrected chi connectivity index (χ1v) is 11.4. The van der Waals surface area contributed by atoms with Crippen LogP contribution in [0.2, 0.25) is 0 Å². The summed E-state index contributed by atoms with van der Waals surface area (Å²) in [7, 11) is 1.58. The van der Waals surface area contributed by atoms with Gasteiger partial charge in [0.05, 0.1) is 7.11 Å². The molecule has 0 aliphatic carbocycles. The van der Waals surface area contributed by atoms with Gasteiger partial charge in [-0.1, -0.05) is 90.5 Å². The molecule has 0 heterocycles. The van der Waals surface area contributed by atoms with Gasteiger partial charge in [0.15, 0.2) is 5.78 Å². The third-order valence-corrected chi connectivity index (χ3v) is 5.71. The Morgan fingerprint density at radius 2 is 1.37 bits per heavy atom. The average Bonchev–Trinajstić information content (AvgIpc) is 2.92. The fourth-order valence-electron chi connectivity index (χ4n) is 3.82. The Kier molecular flexibility index (Phi) is 7.58. The molecule has 0 bridgehead atoms. The standard InChI is InChI=1S/C30H27NO4/c1-22-13-15-24(16-14-22)28(29(32)25-11-7-4-8-12-25)31(26-17-19-27(34-2)20-18-26)30(33)35-21-23-9-5-3-6-10-23/h3-20,28H,21H2,1-2H3. The monoisotopic (exact) mass is 465 g/mol. The molecule has 5 heteroatoms. The summed E-state index contributed by atoms with van der Waals surface area (Å²) in [4.78, 5) is 28.9. The maximum atomic E-state index is 13.9. The maximum Gasteiger partial charge on any atom is 0.415 e. The van der Waals surface area contributed by atoms with Crippen molar-refractivity contribution in [1.29, 1.82) is 0 Å². The van der Waals surface area contributed by atoms with Crippen LogP contribution in [0, 0.1) is 6.92 Å². The minimum atomic E-state index is -0.922. The van der Waals surface area contributed by atoms with E-state index >= 15 is 0 Å². The number of rotatable bonds is 8. The largest absolute Gasteiger partial charge is 0.497 e. The number of carbonyl (C=O) groups is 2. The number of hydrogen-bond acceptors (Lipinski definition) is 4. The number of carbonyl (C=O) groups excluding carboxylic acids is 2. The van der Waals surface area contributed by atoms with Gasteiger partial charge in [-0.25, -0.2) is 4.79 Å². The molecule has 4 rings (SSSR count). The normalized spacial score (nSPS) is 11.4. The Balaban J connectivity index is 1.78. The van der Waals surface area contributed by atoms with Gasteiger partial charge >= 0.3 is 6.09 Å². The molecule has 1 unspecified atom stereocenters. The summed E-state index contributed by atoms with van der Waals surface area (Å²) in [6.07, 6.45) is -0.617. The van der Waals surface area contributed by atoms with E-state index in [4.69, 9.17) is 9.47 Å². The van der Waals surface area contributed by atoms with E-state index in [9.17, 15) is 9.59 Å². The fourth-order valence-corrected chi connectivity index (χ4v) is 3.82. The van der Waals surface area contributed by atoms with E-state index in [1.54, 1.807) is 43.5 Å². The summed E-state index contributed by atoms with van der Waals surface area (Å²) >= 11 is 0. The van der Waals surface area contributed by atoms with Gasteiger partial charge in [-0.3, -0.25) is 9.69 Å². The van der Waals surface area contributed by atoms with Crippen LogP contribution in [0.25, 0.3) is 0 Å². The van der Waals surface area contributed by atoms with Crippen LogP contribution in [0.15, 0.2) is 109 Å². The second-order valence-electron chi connectivity index (χ2n) is 8.15. The van der Waals surface area contributed by atoms with E-state index in [0.29, 0.717) is 22.6 Å². The van der Waals surface area contributed by atoms with Gasteiger partial charge < -0.3 is 9.47 Å². The topological polar surface area (TPSA) is 55.8 Å². The number of hydrogen-bond donors (Lipinski definition) is 0. The number of ketones is 1. The molecule has 0 aliphatic rings. The lowest BCUT2D eigenvalue weighted by Gasteiger charge is -2.31. The number of anilines is 1. The second kappa shape index (κ2) is 11.2. The van der Waals surface area contributed by atoms with Gasteiger partial charge in [0.2, 0.25) is 0 Å². The molecule has 1 atom stereocenters. The third kappa shape index (κ3) is 5.76. The van der Waals surface area contributed by atoms with Gasteiger partial charge in [-0.2, -0.15) is 0 Å². The molecule has 0 fully saturated rings. The Bertz CT molecular complexity index is 1250. The Morgan fingerprint density at radius 3 is 1.97 bits per heavy atom. The zero-order valence-electron chi connectivity index (χ0n) is 19.8. The number of ether oxygens (including phenoxy) is 2. The Labute approximate surface area is 205 Å². The van der Waals surface area contributed by atoms with Crippen molar-refractivity contribution in [3.05, 3.63) is 131 Å². The van der Waals surface area contributed by atoms with Crippen LogP contribution in [0.1, 0.15) is 33.1 Å². The summed E-state index contributed by atoms with van der Waals surface area (Å²) in [5, 5.41) is 0. The summed E-state index contributed by atoms with van der Waals surface area (Å²) in [6, 6.07) is 32.1. The number of methoxy groups -OCH3 is 1. The molecule has 5 nitrogen and oxygen atoms in total. The lowest BCUT2D eigenvalue weighted by molar-refractivity contribution is 0.0941. The van der Waals surface area contributed by atoms with Crippen molar-refractivity contribution < 1.29 is 19.1 Å². The smallest absolute Gasteiger partial charge is 0.415 e. The molecule has 4 aromatic rings. The van der Waals surface area contributed by atoms with Crippen LogP contribution in [0.4, 0.5) is 10.5 Å². The van der Waals surface area contributed by atoms with Gasteiger partial charge in [-0.05, 0) is 42.3 Å². The van der Waals surface area contributed by atoms with Crippen LogP contribution < -0.4 is 9.64 Å². The van der Waals surface area contributed by atoms with Crippen LogP contribution >= 0.6 is 0 Å². The van der Waals surface area contributed by atoms with E-state index in [1.165, 1.54) is 4.90 Å². The minimum absolute atomic E-state index is 0.0898. The fraction of sp³-hybridized carbons (Fsp3) is 0.133. The quantitative estimate of drug-likeness (QED) is 0.269. The molecular weight excluding hydrogens is 438 g/mol. The van der Waals surface area contributed by atoms with E-state index in [-0.39, 0.29) is 12.4 Å². The molecule has 0 N–H and O–H groups in total.